The lowest BCUT2D eigenvalue weighted by Crippen LogP contribution is -2.19. The third-order valence-electron chi connectivity index (χ3n) is 4.23. The van der Waals surface area contributed by atoms with Crippen LogP contribution in [-0.2, 0) is 9.09 Å². The van der Waals surface area contributed by atoms with Gasteiger partial charge in [0.2, 0.25) is 0 Å². The zero-order chi connectivity index (χ0) is 21.1. The van der Waals surface area contributed by atoms with E-state index in [4.69, 9.17) is 5.26 Å². The summed E-state index contributed by atoms with van der Waals surface area (Å²) >= 11 is 0. The molecular weight excluding hydrogens is 379 g/mol. The van der Waals surface area contributed by atoms with Gasteiger partial charge in [-0.25, -0.2) is 9.67 Å². The second-order valence-corrected chi connectivity index (χ2v) is 7.41. The lowest BCUT2D eigenvalue weighted by molar-refractivity contribution is -0.344. The summed E-state index contributed by atoms with van der Waals surface area (Å²) in [6.45, 7) is 8.98. The number of allylic oxidation sites excluding steroid dienone is 4. The van der Waals surface area contributed by atoms with Gasteiger partial charge in [-0.15, -0.1) is 0 Å². The summed E-state index contributed by atoms with van der Waals surface area (Å²) in [7, 11) is -5.20. The molecule has 0 radical (unpaired) electrons. The van der Waals surface area contributed by atoms with E-state index in [-0.39, 0.29) is 5.69 Å². The number of phosphoric ester groups is 1. The zero-order valence-corrected chi connectivity index (χ0v) is 17.2. The number of pyridine rings is 1. The Bertz CT molecular complexity index is 1030. The van der Waals surface area contributed by atoms with Crippen LogP contribution in [0.15, 0.2) is 35.9 Å². The fourth-order valence-electron chi connectivity index (χ4n) is 2.73. The molecule has 0 aromatic carbocycles. The van der Waals surface area contributed by atoms with Crippen LogP contribution >= 0.6 is 7.82 Å². The standard InChI is InChI=1S/C19H23N4O4P/c1-6-7-12(2)14(4)18-9-8-17(15(5)27-28(24,25)26)19(21-18)23-13(3)10-16(11-20)22-23/h6-10,15H,1-5H3,(H2,24,25,26)/p-2/b7-6-,14-12-/t15-/m0/s1. The van der Waals surface area contributed by atoms with Crippen molar-refractivity contribution in [3.05, 3.63) is 58.6 Å². The van der Waals surface area contributed by atoms with Crippen LogP contribution in [0.3, 0.4) is 0 Å². The zero-order valence-electron chi connectivity index (χ0n) is 16.3. The monoisotopic (exact) mass is 400 g/mol. The van der Waals surface area contributed by atoms with E-state index >= 15 is 0 Å². The number of hydrogen-bond donors (Lipinski definition) is 0. The number of nitriles is 1. The highest BCUT2D eigenvalue weighted by atomic mass is 31.2. The largest absolute Gasteiger partial charge is 0.790 e. The van der Waals surface area contributed by atoms with Crippen LogP contribution in [0.2, 0.25) is 0 Å². The maximum atomic E-state index is 11.1. The molecule has 0 saturated heterocycles. The van der Waals surface area contributed by atoms with Gasteiger partial charge in [0.15, 0.2) is 11.5 Å². The molecule has 0 unspecified atom stereocenters. The van der Waals surface area contributed by atoms with Crippen molar-refractivity contribution in [2.24, 2.45) is 0 Å². The molecular formula is C19H21N4O4P-2. The molecule has 2 aromatic rings. The molecule has 1 atom stereocenters. The molecule has 2 heterocycles. The lowest BCUT2D eigenvalue weighted by Gasteiger charge is -2.32. The number of aromatic nitrogens is 3. The van der Waals surface area contributed by atoms with E-state index in [1.54, 1.807) is 25.1 Å². The average Bonchev–Trinajstić information content (AvgIpc) is 3.00. The van der Waals surface area contributed by atoms with Crippen molar-refractivity contribution < 1.29 is 18.9 Å². The van der Waals surface area contributed by atoms with Crippen molar-refractivity contribution in [1.82, 2.24) is 14.8 Å². The number of rotatable bonds is 6. The first-order chi connectivity index (χ1) is 13.1. The van der Waals surface area contributed by atoms with E-state index in [0.29, 0.717) is 22.8 Å². The fraction of sp³-hybridized carbons (Fsp3) is 0.316. The summed E-state index contributed by atoms with van der Waals surface area (Å²) in [4.78, 5) is 26.8. The molecule has 0 fully saturated rings. The van der Waals surface area contributed by atoms with E-state index in [1.807, 2.05) is 39.0 Å². The quantitative estimate of drug-likeness (QED) is 0.539. The summed E-state index contributed by atoms with van der Waals surface area (Å²) in [6.07, 6.45) is 2.81. The molecule has 8 nitrogen and oxygen atoms in total. The highest BCUT2D eigenvalue weighted by Crippen LogP contribution is 2.36. The van der Waals surface area contributed by atoms with Crippen LogP contribution in [0.4, 0.5) is 0 Å². The highest BCUT2D eigenvalue weighted by molar-refractivity contribution is 7.43. The first-order valence-corrected chi connectivity index (χ1v) is 10.0. The predicted molar refractivity (Wildman–Crippen MR) is 101 cm³/mol. The molecule has 0 aliphatic rings. The summed E-state index contributed by atoms with van der Waals surface area (Å²) in [5, 5.41) is 13.3. The molecule has 0 spiro atoms. The third kappa shape index (κ3) is 5.03. The minimum absolute atomic E-state index is 0.194. The van der Waals surface area contributed by atoms with Gasteiger partial charge in [0, 0.05) is 11.3 Å². The Morgan fingerprint density at radius 3 is 2.61 bits per heavy atom. The number of hydrogen-bond acceptors (Lipinski definition) is 7. The van der Waals surface area contributed by atoms with Gasteiger partial charge in [-0.1, -0.05) is 18.2 Å². The van der Waals surface area contributed by atoms with Gasteiger partial charge in [-0.05, 0) is 57.9 Å². The maximum absolute atomic E-state index is 11.1. The van der Waals surface area contributed by atoms with Gasteiger partial charge < -0.3 is 18.9 Å². The highest BCUT2D eigenvalue weighted by Gasteiger charge is 2.19. The minimum atomic E-state index is -5.20. The smallest absolute Gasteiger partial charge is 0.163 e. The van der Waals surface area contributed by atoms with E-state index in [0.717, 1.165) is 11.1 Å². The molecule has 28 heavy (non-hydrogen) atoms. The molecule has 0 N–H and O–H groups in total. The number of aryl methyl sites for hydroxylation is 1. The summed E-state index contributed by atoms with van der Waals surface area (Å²) < 4.78 is 17.1. The summed E-state index contributed by atoms with van der Waals surface area (Å²) in [5.41, 5.74) is 3.78. The van der Waals surface area contributed by atoms with Crippen LogP contribution in [0.25, 0.3) is 11.4 Å². The van der Waals surface area contributed by atoms with Gasteiger partial charge in [-0.2, -0.15) is 10.4 Å². The van der Waals surface area contributed by atoms with Crippen molar-refractivity contribution >= 4 is 13.4 Å². The van der Waals surface area contributed by atoms with Gasteiger partial charge in [0.05, 0.1) is 19.6 Å². The molecule has 0 aliphatic heterocycles. The lowest BCUT2D eigenvalue weighted by atomic mass is 10.0. The van der Waals surface area contributed by atoms with Crippen molar-refractivity contribution in [2.75, 3.05) is 0 Å². The Balaban J connectivity index is 2.70. The van der Waals surface area contributed by atoms with Crippen LogP contribution in [0.5, 0.6) is 0 Å². The van der Waals surface area contributed by atoms with Crippen molar-refractivity contribution in [3.8, 4) is 11.9 Å². The maximum Gasteiger partial charge on any atom is 0.163 e. The van der Waals surface area contributed by atoms with Crippen molar-refractivity contribution in [3.63, 3.8) is 0 Å². The summed E-state index contributed by atoms with van der Waals surface area (Å²) in [6, 6.07) is 6.93. The van der Waals surface area contributed by atoms with E-state index in [2.05, 4.69) is 14.6 Å². The average molecular weight is 400 g/mol. The Morgan fingerprint density at radius 1 is 1.39 bits per heavy atom. The number of nitrogens with zero attached hydrogens (tertiary/aromatic N) is 4. The van der Waals surface area contributed by atoms with E-state index in [1.165, 1.54) is 11.6 Å². The van der Waals surface area contributed by atoms with Crippen LogP contribution in [0.1, 0.15) is 56.4 Å². The molecule has 9 heteroatoms. The molecule has 0 aliphatic carbocycles. The molecule has 148 valence electrons. The Morgan fingerprint density at radius 2 is 2.07 bits per heavy atom. The molecule has 0 amide bonds. The van der Waals surface area contributed by atoms with Crippen molar-refractivity contribution in [2.45, 2.75) is 40.7 Å². The molecule has 2 rings (SSSR count). The van der Waals surface area contributed by atoms with Crippen LogP contribution in [-0.4, -0.2) is 14.8 Å². The third-order valence-corrected chi connectivity index (χ3v) is 4.80. The Hall–Kier alpha value is -2.56. The molecule has 0 saturated carbocycles. The topological polar surface area (TPSA) is 127 Å². The molecule has 2 aromatic heterocycles. The van der Waals surface area contributed by atoms with Crippen molar-refractivity contribution in [1.29, 1.82) is 5.26 Å². The van der Waals surface area contributed by atoms with Gasteiger partial charge in [-0.3, -0.25) is 0 Å². The fourth-order valence-corrected chi connectivity index (χ4v) is 3.23. The second-order valence-electron chi connectivity index (χ2n) is 6.31. The Labute approximate surface area is 164 Å². The molecule has 0 bridgehead atoms. The van der Waals surface area contributed by atoms with Crippen LogP contribution in [0, 0.1) is 18.3 Å². The van der Waals surface area contributed by atoms with Gasteiger partial charge in [0.25, 0.3) is 0 Å². The predicted octanol–water partition coefficient (Wildman–Crippen LogP) is 2.72. The normalized spacial score (nSPS) is 14.1. The first-order valence-electron chi connectivity index (χ1n) is 8.56. The van der Waals surface area contributed by atoms with Gasteiger partial charge >= 0.3 is 0 Å². The second kappa shape index (κ2) is 8.63. The SMILES string of the molecule is C/C=C\C(C)=C(\C)c1ccc([C@H](C)OP(=O)([O-])[O-])c(-n2nc(C#N)cc2C)n1. The van der Waals surface area contributed by atoms with E-state index in [9.17, 15) is 14.4 Å². The minimum Gasteiger partial charge on any atom is -0.790 e. The first kappa shape index (κ1) is 21.7. The van der Waals surface area contributed by atoms with E-state index < -0.39 is 13.9 Å². The van der Waals surface area contributed by atoms with Gasteiger partial charge in [0.1, 0.15) is 6.07 Å². The Kier molecular flexibility index (Phi) is 6.70. The summed E-state index contributed by atoms with van der Waals surface area (Å²) in [5.74, 6) is 0.296. The number of phosphoric acid groups is 1. The van der Waals surface area contributed by atoms with Crippen LogP contribution < -0.4 is 9.79 Å².